The van der Waals surface area contributed by atoms with Gasteiger partial charge in [0.15, 0.2) is 5.78 Å². The van der Waals surface area contributed by atoms with E-state index in [0.29, 0.717) is 0 Å². The molecule has 19 heavy (non-hydrogen) atoms. The van der Waals surface area contributed by atoms with Gasteiger partial charge in [0.05, 0.1) is 4.90 Å². The van der Waals surface area contributed by atoms with Gasteiger partial charge in [0.1, 0.15) is 13.2 Å². The molecule has 0 unspecified atom stereocenters. The Morgan fingerprint density at radius 2 is 1.74 bits per heavy atom. The van der Waals surface area contributed by atoms with Crippen molar-refractivity contribution in [2.45, 2.75) is 31.1 Å². The van der Waals surface area contributed by atoms with Crippen LogP contribution in [-0.2, 0) is 24.5 Å². The summed E-state index contributed by atoms with van der Waals surface area (Å²) in [5, 5.41) is 8.50. The third-order valence-electron chi connectivity index (χ3n) is 2.56. The van der Waals surface area contributed by atoms with Crippen molar-refractivity contribution in [2.24, 2.45) is 0 Å². The zero-order valence-electron chi connectivity index (χ0n) is 11.2. The lowest BCUT2D eigenvalue weighted by Crippen LogP contribution is -2.17. The quantitative estimate of drug-likeness (QED) is 0.824. The van der Waals surface area contributed by atoms with E-state index in [9.17, 15) is 13.2 Å². The van der Waals surface area contributed by atoms with Gasteiger partial charge in [0, 0.05) is 0 Å². The summed E-state index contributed by atoms with van der Waals surface area (Å²) in [4.78, 5) is 10.8. The largest absolute Gasteiger partial charge is 0.388 e. The van der Waals surface area contributed by atoms with Crippen LogP contribution in [0.3, 0.4) is 0 Å². The second-order valence-electron chi connectivity index (χ2n) is 5.19. The second kappa shape index (κ2) is 5.81. The van der Waals surface area contributed by atoms with Crippen molar-refractivity contribution in [1.82, 2.24) is 0 Å². The number of aliphatic hydroxyl groups excluding tert-OH is 1. The number of hydrogen-bond acceptors (Lipinski definition) is 5. The Bertz CT molecular complexity index is 537. The summed E-state index contributed by atoms with van der Waals surface area (Å²) in [5.41, 5.74) is 0.925. The summed E-state index contributed by atoms with van der Waals surface area (Å²) in [6.07, 6.45) is 0. The van der Waals surface area contributed by atoms with Crippen LogP contribution in [0.1, 0.15) is 26.3 Å². The van der Waals surface area contributed by atoms with Gasteiger partial charge in [-0.25, -0.2) is 0 Å². The molecule has 0 aliphatic heterocycles. The van der Waals surface area contributed by atoms with E-state index in [4.69, 9.17) is 5.11 Å². The molecule has 1 aromatic carbocycles. The lowest BCUT2D eigenvalue weighted by Gasteiger charge is -2.19. The predicted octanol–water partition coefficient (Wildman–Crippen LogP) is 1.25. The molecule has 0 spiro atoms. The highest BCUT2D eigenvalue weighted by molar-refractivity contribution is 7.86. The number of aliphatic hydroxyl groups is 1. The molecule has 0 saturated heterocycles. The van der Waals surface area contributed by atoms with Gasteiger partial charge in [-0.1, -0.05) is 32.9 Å². The Kier molecular flexibility index (Phi) is 4.84. The molecule has 5 nitrogen and oxygen atoms in total. The summed E-state index contributed by atoms with van der Waals surface area (Å²) in [5.74, 6) is -0.685. The molecule has 0 atom stereocenters. The van der Waals surface area contributed by atoms with Crippen LogP contribution in [0.5, 0.6) is 0 Å². The van der Waals surface area contributed by atoms with E-state index < -0.39 is 29.1 Å². The van der Waals surface area contributed by atoms with Gasteiger partial charge >= 0.3 is 0 Å². The van der Waals surface area contributed by atoms with Gasteiger partial charge in [0.2, 0.25) is 0 Å². The van der Waals surface area contributed by atoms with E-state index >= 15 is 0 Å². The lowest BCUT2D eigenvalue weighted by atomic mass is 9.87. The third-order valence-corrected chi connectivity index (χ3v) is 3.84. The molecule has 1 N–H and O–H groups in total. The first kappa shape index (κ1) is 15.8. The summed E-state index contributed by atoms with van der Waals surface area (Å²) in [6.45, 7) is 4.67. The fraction of sp³-hybridized carbons (Fsp3) is 0.462. The zero-order chi connectivity index (χ0) is 14.7. The van der Waals surface area contributed by atoms with Gasteiger partial charge in [-0.05, 0) is 23.1 Å². The standard InChI is InChI=1S/C13H18O5S/c1-13(2,3)10-4-6-12(7-5-10)19(16,17)18-9-11(15)8-14/h4-7,14H,8-9H2,1-3H3. The number of Topliss-reactive ketones (excluding diaryl/α,β-unsaturated/α-hetero) is 1. The summed E-state index contributed by atoms with van der Waals surface area (Å²) >= 11 is 0. The predicted molar refractivity (Wildman–Crippen MR) is 70.4 cm³/mol. The Balaban J connectivity index is 2.88. The van der Waals surface area contributed by atoms with Crippen molar-refractivity contribution < 1.29 is 22.5 Å². The summed E-state index contributed by atoms with van der Waals surface area (Å²) < 4.78 is 28.1. The Morgan fingerprint density at radius 1 is 1.21 bits per heavy atom. The molecule has 1 rings (SSSR count). The van der Waals surface area contributed by atoms with E-state index in [1.165, 1.54) is 12.1 Å². The van der Waals surface area contributed by atoms with E-state index in [2.05, 4.69) is 4.18 Å². The van der Waals surface area contributed by atoms with E-state index in [1.54, 1.807) is 12.1 Å². The summed E-state index contributed by atoms with van der Waals surface area (Å²) in [7, 11) is -3.96. The zero-order valence-corrected chi connectivity index (χ0v) is 12.0. The molecule has 0 fully saturated rings. The summed E-state index contributed by atoms with van der Waals surface area (Å²) in [6, 6.07) is 6.31. The van der Waals surface area contributed by atoms with Crippen LogP contribution in [0.2, 0.25) is 0 Å². The highest BCUT2D eigenvalue weighted by Gasteiger charge is 2.19. The number of carbonyl (C=O) groups excluding carboxylic acids is 1. The smallest absolute Gasteiger partial charge is 0.297 e. The molecule has 106 valence electrons. The van der Waals surface area contributed by atoms with Crippen LogP contribution in [0.15, 0.2) is 29.2 Å². The monoisotopic (exact) mass is 286 g/mol. The van der Waals surface area contributed by atoms with Gasteiger partial charge in [-0.2, -0.15) is 8.42 Å². The van der Waals surface area contributed by atoms with E-state index in [-0.39, 0.29) is 10.3 Å². The first-order chi connectivity index (χ1) is 8.66. The second-order valence-corrected chi connectivity index (χ2v) is 6.80. The van der Waals surface area contributed by atoms with Gasteiger partial charge in [-0.15, -0.1) is 0 Å². The minimum atomic E-state index is -3.96. The number of carbonyl (C=O) groups is 1. The van der Waals surface area contributed by atoms with Crippen molar-refractivity contribution in [2.75, 3.05) is 13.2 Å². The van der Waals surface area contributed by atoms with Gasteiger partial charge in [0.25, 0.3) is 10.1 Å². The molecule has 0 aliphatic rings. The maximum Gasteiger partial charge on any atom is 0.297 e. The fourth-order valence-corrected chi connectivity index (χ4v) is 2.27. The van der Waals surface area contributed by atoms with Gasteiger partial charge in [-0.3, -0.25) is 8.98 Å². The van der Waals surface area contributed by atoms with Crippen molar-refractivity contribution in [1.29, 1.82) is 0 Å². The molecule has 0 aromatic heterocycles. The number of hydrogen-bond donors (Lipinski definition) is 1. The van der Waals surface area contributed by atoms with Crippen molar-refractivity contribution in [3.63, 3.8) is 0 Å². The third kappa shape index (κ3) is 4.41. The average molecular weight is 286 g/mol. The Labute approximate surface area is 113 Å². The Morgan fingerprint density at radius 3 is 2.16 bits per heavy atom. The first-order valence-corrected chi connectivity index (χ1v) is 7.20. The molecular formula is C13H18O5S. The lowest BCUT2D eigenvalue weighted by molar-refractivity contribution is -0.123. The van der Waals surface area contributed by atoms with E-state index in [1.807, 2.05) is 20.8 Å². The minimum absolute atomic E-state index is 0.00811. The molecular weight excluding hydrogens is 268 g/mol. The van der Waals surface area contributed by atoms with Crippen molar-refractivity contribution in [3.05, 3.63) is 29.8 Å². The van der Waals surface area contributed by atoms with Crippen LogP contribution in [0.4, 0.5) is 0 Å². The molecule has 0 saturated carbocycles. The fourth-order valence-electron chi connectivity index (χ4n) is 1.38. The molecule has 0 aliphatic carbocycles. The maximum absolute atomic E-state index is 11.8. The normalized spacial score (nSPS) is 12.4. The van der Waals surface area contributed by atoms with Crippen LogP contribution in [0.25, 0.3) is 0 Å². The number of ketones is 1. The SMILES string of the molecule is CC(C)(C)c1ccc(S(=O)(=O)OCC(=O)CO)cc1. The topological polar surface area (TPSA) is 80.7 Å². The van der Waals surface area contributed by atoms with Crippen molar-refractivity contribution in [3.8, 4) is 0 Å². The van der Waals surface area contributed by atoms with Crippen molar-refractivity contribution >= 4 is 15.9 Å². The van der Waals surface area contributed by atoms with Gasteiger partial charge < -0.3 is 5.11 Å². The van der Waals surface area contributed by atoms with Crippen LogP contribution in [0, 0.1) is 0 Å². The van der Waals surface area contributed by atoms with E-state index in [0.717, 1.165) is 5.56 Å². The minimum Gasteiger partial charge on any atom is -0.388 e. The molecule has 0 bridgehead atoms. The average Bonchev–Trinajstić information content (AvgIpc) is 2.35. The first-order valence-electron chi connectivity index (χ1n) is 5.79. The van der Waals surface area contributed by atoms with Crippen LogP contribution < -0.4 is 0 Å². The molecule has 6 heteroatoms. The number of benzene rings is 1. The molecule has 0 radical (unpaired) electrons. The van der Waals surface area contributed by atoms with Crippen LogP contribution in [-0.4, -0.2) is 32.5 Å². The maximum atomic E-state index is 11.8. The Hall–Kier alpha value is -1.24. The molecule has 1 aromatic rings. The number of rotatable bonds is 5. The highest BCUT2D eigenvalue weighted by Crippen LogP contribution is 2.23. The molecule has 0 heterocycles. The molecule has 0 amide bonds. The van der Waals surface area contributed by atoms with Crippen LogP contribution >= 0.6 is 0 Å². The highest BCUT2D eigenvalue weighted by atomic mass is 32.2.